The molecule has 0 aromatic rings. The molecule has 1 aliphatic rings. The van der Waals surface area contributed by atoms with Crippen LogP contribution in [0.15, 0.2) is 0 Å². The summed E-state index contributed by atoms with van der Waals surface area (Å²) in [6, 6.07) is 0. The molecule has 0 heterocycles. The molecule has 0 atom stereocenters. The number of hydrogen-bond donors (Lipinski definition) is 0. The van der Waals surface area contributed by atoms with Crippen LogP contribution < -0.4 is 0 Å². The average Bonchev–Trinajstić information content (AvgIpc) is 2.08. The lowest BCUT2D eigenvalue weighted by Crippen LogP contribution is -2.22. The van der Waals surface area contributed by atoms with Crippen LogP contribution in [0.4, 0.5) is 0 Å². The minimum absolute atomic E-state index is 0.570. The first-order valence-corrected chi connectivity index (χ1v) is 5.61. The third-order valence-corrected chi connectivity index (χ3v) is 2.83. The standard InChI is InChI=1S/C10H20.C2H6/c1-10(2,3)9-7-5-4-6-8-9;1-2/h9H,4-8H2,1-3H3;1-2H3. The van der Waals surface area contributed by atoms with Gasteiger partial charge in [-0.15, -0.1) is 0 Å². The Morgan fingerprint density at radius 2 is 1.25 bits per heavy atom. The van der Waals surface area contributed by atoms with Gasteiger partial charge in [0.2, 0.25) is 0 Å². The third-order valence-electron chi connectivity index (χ3n) is 2.83. The molecule has 1 aliphatic carbocycles. The predicted octanol–water partition coefficient (Wildman–Crippen LogP) is 4.64. The van der Waals surface area contributed by atoms with Crippen molar-refractivity contribution in [1.29, 1.82) is 0 Å². The molecule has 0 amide bonds. The lowest BCUT2D eigenvalue weighted by Gasteiger charge is -2.33. The van der Waals surface area contributed by atoms with Crippen molar-refractivity contribution in [3.63, 3.8) is 0 Å². The van der Waals surface area contributed by atoms with Crippen LogP contribution in [0.3, 0.4) is 0 Å². The van der Waals surface area contributed by atoms with Crippen LogP contribution in [0.2, 0.25) is 0 Å². The molecule has 0 spiro atoms. The van der Waals surface area contributed by atoms with E-state index in [0.29, 0.717) is 5.41 Å². The highest BCUT2D eigenvalue weighted by molar-refractivity contribution is 4.76. The van der Waals surface area contributed by atoms with E-state index in [4.69, 9.17) is 0 Å². The van der Waals surface area contributed by atoms with Crippen molar-refractivity contribution in [1.82, 2.24) is 0 Å². The summed E-state index contributed by atoms with van der Waals surface area (Å²) in [5, 5.41) is 0. The maximum atomic E-state index is 2.38. The fraction of sp³-hybridized carbons (Fsp3) is 1.00. The second kappa shape index (κ2) is 5.61. The second-order valence-corrected chi connectivity index (χ2v) is 4.70. The molecule has 0 N–H and O–H groups in total. The smallest absolute Gasteiger partial charge is 0.0354 e. The van der Waals surface area contributed by atoms with Crippen molar-refractivity contribution in [2.24, 2.45) is 11.3 Å². The molecule has 0 bridgehead atoms. The van der Waals surface area contributed by atoms with E-state index < -0.39 is 0 Å². The van der Waals surface area contributed by atoms with E-state index in [2.05, 4.69) is 20.8 Å². The lowest BCUT2D eigenvalue weighted by molar-refractivity contribution is 0.180. The SMILES string of the molecule is CC.CC(C)(C)C1CCCCC1. The lowest BCUT2D eigenvalue weighted by atomic mass is 9.72. The predicted molar refractivity (Wildman–Crippen MR) is 57.4 cm³/mol. The molecule has 0 nitrogen and oxygen atoms in total. The molecule has 0 aromatic carbocycles. The van der Waals surface area contributed by atoms with Gasteiger partial charge < -0.3 is 0 Å². The van der Waals surface area contributed by atoms with Crippen LogP contribution in [0, 0.1) is 11.3 Å². The van der Waals surface area contributed by atoms with Gasteiger partial charge in [0, 0.05) is 0 Å². The maximum absolute atomic E-state index is 2.38. The Hall–Kier alpha value is 0. The zero-order valence-electron chi connectivity index (χ0n) is 9.61. The average molecular weight is 170 g/mol. The van der Waals surface area contributed by atoms with Gasteiger partial charge in [-0.05, 0) is 24.2 Å². The highest BCUT2D eigenvalue weighted by atomic mass is 14.3. The summed E-state index contributed by atoms with van der Waals surface area (Å²) in [5.74, 6) is 1.00. The molecule has 0 unspecified atom stereocenters. The van der Waals surface area contributed by atoms with E-state index >= 15 is 0 Å². The summed E-state index contributed by atoms with van der Waals surface area (Å²) >= 11 is 0. The first-order chi connectivity index (χ1) is 5.61. The van der Waals surface area contributed by atoms with E-state index in [0.717, 1.165) is 5.92 Å². The van der Waals surface area contributed by atoms with Gasteiger partial charge in [-0.25, -0.2) is 0 Å². The van der Waals surface area contributed by atoms with Crippen molar-refractivity contribution in [2.45, 2.75) is 66.7 Å². The molecule has 0 aliphatic heterocycles. The van der Waals surface area contributed by atoms with Gasteiger partial charge in [-0.1, -0.05) is 53.9 Å². The number of hydrogen-bond acceptors (Lipinski definition) is 0. The normalized spacial score (nSPS) is 19.8. The molecule has 0 aromatic heterocycles. The topological polar surface area (TPSA) is 0 Å². The summed E-state index contributed by atoms with van der Waals surface area (Å²) in [6.45, 7) is 11.1. The van der Waals surface area contributed by atoms with Crippen LogP contribution in [0.5, 0.6) is 0 Å². The maximum Gasteiger partial charge on any atom is -0.0354 e. The molecular formula is C12H26. The Labute approximate surface area is 78.8 Å². The van der Waals surface area contributed by atoms with Crippen LogP contribution in [-0.4, -0.2) is 0 Å². The monoisotopic (exact) mass is 170 g/mol. The van der Waals surface area contributed by atoms with Crippen molar-refractivity contribution < 1.29 is 0 Å². The molecule has 12 heavy (non-hydrogen) atoms. The van der Waals surface area contributed by atoms with Crippen molar-refractivity contribution in [3.8, 4) is 0 Å². The quantitative estimate of drug-likeness (QED) is 0.497. The zero-order valence-corrected chi connectivity index (χ0v) is 9.61. The van der Waals surface area contributed by atoms with Crippen LogP contribution in [-0.2, 0) is 0 Å². The second-order valence-electron chi connectivity index (χ2n) is 4.70. The fourth-order valence-electron chi connectivity index (χ4n) is 1.97. The molecule has 0 heteroatoms. The zero-order chi connectivity index (χ0) is 9.61. The van der Waals surface area contributed by atoms with E-state index in [-0.39, 0.29) is 0 Å². The van der Waals surface area contributed by atoms with Gasteiger partial charge >= 0.3 is 0 Å². The molecule has 1 rings (SSSR count). The fourth-order valence-corrected chi connectivity index (χ4v) is 1.97. The van der Waals surface area contributed by atoms with Gasteiger partial charge in [-0.2, -0.15) is 0 Å². The molecule has 0 radical (unpaired) electrons. The number of rotatable bonds is 0. The first-order valence-electron chi connectivity index (χ1n) is 5.61. The summed E-state index contributed by atoms with van der Waals surface area (Å²) in [6.07, 6.45) is 7.38. The third kappa shape index (κ3) is 4.13. The van der Waals surface area contributed by atoms with E-state index in [1.54, 1.807) is 0 Å². The molecule has 1 fully saturated rings. The Kier molecular flexibility index (Phi) is 5.61. The highest BCUT2D eigenvalue weighted by Crippen LogP contribution is 2.37. The van der Waals surface area contributed by atoms with Gasteiger partial charge in [0.05, 0.1) is 0 Å². The molecule has 0 saturated heterocycles. The van der Waals surface area contributed by atoms with E-state index in [1.165, 1.54) is 32.1 Å². The Morgan fingerprint density at radius 1 is 0.833 bits per heavy atom. The van der Waals surface area contributed by atoms with E-state index in [9.17, 15) is 0 Å². The minimum Gasteiger partial charge on any atom is -0.0683 e. The summed E-state index contributed by atoms with van der Waals surface area (Å²) in [7, 11) is 0. The summed E-state index contributed by atoms with van der Waals surface area (Å²) in [4.78, 5) is 0. The molecule has 74 valence electrons. The van der Waals surface area contributed by atoms with Crippen LogP contribution in [0.1, 0.15) is 66.7 Å². The van der Waals surface area contributed by atoms with Gasteiger partial charge in [0.1, 0.15) is 0 Å². The molecular weight excluding hydrogens is 144 g/mol. The summed E-state index contributed by atoms with van der Waals surface area (Å²) in [5.41, 5.74) is 0.570. The minimum atomic E-state index is 0.570. The van der Waals surface area contributed by atoms with Gasteiger partial charge in [0.15, 0.2) is 0 Å². The first kappa shape index (κ1) is 12.0. The highest BCUT2D eigenvalue weighted by Gasteiger charge is 2.25. The van der Waals surface area contributed by atoms with Crippen molar-refractivity contribution >= 4 is 0 Å². The van der Waals surface area contributed by atoms with Crippen LogP contribution >= 0.6 is 0 Å². The Bertz CT molecular complexity index is 91.1. The van der Waals surface area contributed by atoms with Gasteiger partial charge in [-0.3, -0.25) is 0 Å². The van der Waals surface area contributed by atoms with Crippen molar-refractivity contribution in [3.05, 3.63) is 0 Å². The molecule has 1 saturated carbocycles. The van der Waals surface area contributed by atoms with E-state index in [1.807, 2.05) is 13.8 Å². The van der Waals surface area contributed by atoms with Crippen LogP contribution in [0.25, 0.3) is 0 Å². The van der Waals surface area contributed by atoms with Crippen molar-refractivity contribution in [2.75, 3.05) is 0 Å². The Morgan fingerprint density at radius 3 is 1.50 bits per heavy atom. The van der Waals surface area contributed by atoms with Gasteiger partial charge in [0.25, 0.3) is 0 Å². The Balaban J connectivity index is 0.000000561. The largest absolute Gasteiger partial charge is 0.0683 e. The summed E-state index contributed by atoms with van der Waals surface area (Å²) < 4.78 is 0.